The Labute approximate surface area is 91.7 Å². The van der Waals surface area contributed by atoms with Gasteiger partial charge in [-0.3, -0.25) is 0 Å². The molecule has 0 amide bonds. The summed E-state index contributed by atoms with van der Waals surface area (Å²) in [5.74, 6) is 0.868. The molecule has 1 aromatic rings. The van der Waals surface area contributed by atoms with Gasteiger partial charge in [0.1, 0.15) is 5.82 Å². The molecule has 84 valence electrons. The Morgan fingerprint density at radius 3 is 2.53 bits per heavy atom. The Balaban J connectivity index is 2.43. The molecule has 0 fully saturated rings. The van der Waals surface area contributed by atoms with E-state index in [9.17, 15) is 4.39 Å². The maximum atomic E-state index is 13.0. The smallest absolute Gasteiger partial charge is 0.123 e. The summed E-state index contributed by atoms with van der Waals surface area (Å²) < 4.78 is 13.0. The van der Waals surface area contributed by atoms with Crippen LogP contribution in [0.5, 0.6) is 0 Å². The van der Waals surface area contributed by atoms with Crippen LogP contribution in [0.4, 0.5) is 4.39 Å². The van der Waals surface area contributed by atoms with E-state index >= 15 is 0 Å². The van der Waals surface area contributed by atoms with E-state index in [-0.39, 0.29) is 5.82 Å². The molecule has 1 nitrogen and oxygen atoms in total. The van der Waals surface area contributed by atoms with Gasteiger partial charge in [0.05, 0.1) is 0 Å². The lowest BCUT2D eigenvalue weighted by Gasteiger charge is -2.14. The maximum Gasteiger partial charge on any atom is 0.123 e. The topological polar surface area (TPSA) is 12.0 Å². The molecule has 1 aromatic carbocycles. The second kappa shape index (κ2) is 5.86. The first-order valence-corrected chi connectivity index (χ1v) is 5.55. The van der Waals surface area contributed by atoms with Gasteiger partial charge >= 0.3 is 0 Å². The molecular formula is C13H20FN. The molecule has 0 aliphatic carbocycles. The third-order valence-corrected chi connectivity index (χ3v) is 2.42. The van der Waals surface area contributed by atoms with E-state index in [1.807, 2.05) is 6.07 Å². The zero-order chi connectivity index (χ0) is 11.3. The molecule has 1 unspecified atom stereocenters. The van der Waals surface area contributed by atoms with Crippen molar-refractivity contribution in [3.63, 3.8) is 0 Å². The molecule has 0 bridgehead atoms. The van der Waals surface area contributed by atoms with Gasteiger partial charge in [0.25, 0.3) is 0 Å². The van der Waals surface area contributed by atoms with Crippen LogP contribution in [0.2, 0.25) is 0 Å². The van der Waals surface area contributed by atoms with Crippen LogP contribution in [0.25, 0.3) is 0 Å². The highest BCUT2D eigenvalue weighted by molar-refractivity contribution is 5.20. The van der Waals surface area contributed by atoms with Crippen LogP contribution in [0.1, 0.15) is 32.3 Å². The quantitative estimate of drug-likeness (QED) is 0.785. The number of hydrogen-bond acceptors (Lipinski definition) is 1. The molecule has 15 heavy (non-hydrogen) atoms. The van der Waals surface area contributed by atoms with Crippen molar-refractivity contribution in [3.05, 3.63) is 35.6 Å². The van der Waals surface area contributed by atoms with Gasteiger partial charge in [0.2, 0.25) is 0 Å². The highest BCUT2D eigenvalue weighted by Crippen LogP contribution is 2.15. The second-order valence-corrected chi connectivity index (χ2v) is 4.51. The lowest BCUT2D eigenvalue weighted by Crippen LogP contribution is -2.24. The fourth-order valence-corrected chi connectivity index (χ4v) is 1.52. The van der Waals surface area contributed by atoms with E-state index in [4.69, 9.17) is 0 Å². The monoisotopic (exact) mass is 209 g/mol. The van der Waals surface area contributed by atoms with Crippen molar-refractivity contribution in [2.45, 2.75) is 26.7 Å². The van der Waals surface area contributed by atoms with Crippen LogP contribution in [-0.4, -0.2) is 13.1 Å². The van der Waals surface area contributed by atoms with E-state index in [0.717, 1.165) is 18.7 Å². The van der Waals surface area contributed by atoms with E-state index in [0.29, 0.717) is 11.8 Å². The van der Waals surface area contributed by atoms with Gasteiger partial charge in [0.15, 0.2) is 0 Å². The first kappa shape index (κ1) is 12.2. The van der Waals surface area contributed by atoms with Crippen molar-refractivity contribution < 1.29 is 4.39 Å². The Kier molecular flexibility index (Phi) is 4.76. The number of nitrogens with one attached hydrogen (secondary N) is 1. The minimum absolute atomic E-state index is 0.150. The highest BCUT2D eigenvalue weighted by Gasteiger charge is 2.05. The number of benzene rings is 1. The maximum absolute atomic E-state index is 13.0. The van der Waals surface area contributed by atoms with Crippen molar-refractivity contribution in [2.75, 3.05) is 13.1 Å². The Morgan fingerprint density at radius 1 is 1.20 bits per heavy atom. The average molecular weight is 209 g/mol. The third kappa shape index (κ3) is 4.43. The second-order valence-electron chi connectivity index (χ2n) is 4.51. The summed E-state index contributed by atoms with van der Waals surface area (Å²) in [4.78, 5) is 0. The minimum Gasteiger partial charge on any atom is -0.316 e. The highest BCUT2D eigenvalue weighted by atomic mass is 19.1. The zero-order valence-corrected chi connectivity index (χ0v) is 9.76. The summed E-state index contributed by atoms with van der Waals surface area (Å²) >= 11 is 0. The molecule has 2 heteroatoms. The summed E-state index contributed by atoms with van der Waals surface area (Å²) in [6, 6.07) is 6.84. The molecule has 1 atom stereocenters. The van der Waals surface area contributed by atoms with Gasteiger partial charge < -0.3 is 5.32 Å². The van der Waals surface area contributed by atoms with Crippen LogP contribution >= 0.6 is 0 Å². The van der Waals surface area contributed by atoms with Crippen molar-refractivity contribution in [1.29, 1.82) is 0 Å². The van der Waals surface area contributed by atoms with E-state index < -0.39 is 0 Å². The van der Waals surface area contributed by atoms with Gasteiger partial charge in [-0.2, -0.15) is 0 Å². The van der Waals surface area contributed by atoms with Crippen LogP contribution in [-0.2, 0) is 0 Å². The molecule has 0 aromatic heterocycles. The van der Waals surface area contributed by atoms with Crippen LogP contribution in [0, 0.1) is 11.7 Å². The Morgan fingerprint density at radius 2 is 1.93 bits per heavy atom. The average Bonchev–Trinajstić information content (AvgIpc) is 2.17. The van der Waals surface area contributed by atoms with E-state index in [1.165, 1.54) is 6.07 Å². The third-order valence-electron chi connectivity index (χ3n) is 2.42. The first-order chi connectivity index (χ1) is 7.09. The molecule has 0 spiro atoms. The first-order valence-electron chi connectivity index (χ1n) is 5.55. The predicted octanol–water partition coefficient (Wildman–Crippen LogP) is 3.17. The van der Waals surface area contributed by atoms with Gasteiger partial charge in [-0.15, -0.1) is 0 Å². The van der Waals surface area contributed by atoms with Gasteiger partial charge in [-0.25, -0.2) is 4.39 Å². The fraction of sp³-hybridized carbons (Fsp3) is 0.538. The molecule has 1 N–H and O–H groups in total. The summed E-state index contributed by atoms with van der Waals surface area (Å²) in [5, 5.41) is 3.38. The predicted molar refractivity (Wildman–Crippen MR) is 62.5 cm³/mol. The molecular weight excluding hydrogens is 189 g/mol. The largest absolute Gasteiger partial charge is 0.316 e. The van der Waals surface area contributed by atoms with Crippen molar-refractivity contribution in [2.24, 2.45) is 5.92 Å². The summed E-state index contributed by atoms with van der Waals surface area (Å²) in [7, 11) is 0. The standard InChI is InChI=1S/C13H20FN/c1-10(2)8-15-9-11(3)12-5-4-6-13(14)7-12/h4-7,10-11,15H,8-9H2,1-3H3. The minimum atomic E-state index is -0.150. The Bertz CT molecular complexity index is 296. The zero-order valence-electron chi connectivity index (χ0n) is 9.76. The normalized spacial score (nSPS) is 13.1. The molecule has 0 radical (unpaired) electrons. The van der Waals surface area contributed by atoms with Gasteiger partial charge in [0, 0.05) is 6.54 Å². The van der Waals surface area contributed by atoms with Crippen molar-refractivity contribution >= 4 is 0 Å². The number of halogens is 1. The van der Waals surface area contributed by atoms with E-state index in [2.05, 4.69) is 26.1 Å². The molecule has 0 aliphatic rings. The van der Waals surface area contributed by atoms with Crippen molar-refractivity contribution in [1.82, 2.24) is 5.32 Å². The van der Waals surface area contributed by atoms with Crippen LogP contribution in [0.3, 0.4) is 0 Å². The van der Waals surface area contributed by atoms with E-state index in [1.54, 1.807) is 12.1 Å². The SMILES string of the molecule is CC(C)CNCC(C)c1cccc(F)c1. The molecule has 0 saturated carbocycles. The number of rotatable bonds is 5. The van der Waals surface area contributed by atoms with Gasteiger partial charge in [-0.1, -0.05) is 32.9 Å². The summed E-state index contributed by atoms with van der Waals surface area (Å²) in [6.07, 6.45) is 0. The van der Waals surface area contributed by atoms with Crippen molar-refractivity contribution in [3.8, 4) is 0 Å². The molecule has 0 heterocycles. The molecule has 1 rings (SSSR count). The summed E-state index contributed by atoms with van der Waals surface area (Å²) in [6.45, 7) is 8.39. The lowest BCUT2D eigenvalue weighted by molar-refractivity contribution is 0.527. The van der Waals surface area contributed by atoms with Crippen LogP contribution in [0.15, 0.2) is 24.3 Å². The lowest BCUT2D eigenvalue weighted by atomic mass is 10.0. The van der Waals surface area contributed by atoms with Gasteiger partial charge in [-0.05, 0) is 36.1 Å². The fourth-order valence-electron chi connectivity index (χ4n) is 1.52. The molecule has 0 aliphatic heterocycles. The summed E-state index contributed by atoms with van der Waals surface area (Å²) in [5.41, 5.74) is 1.06. The molecule has 0 saturated heterocycles. The van der Waals surface area contributed by atoms with Crippen LogP contribution < -0.4 is 5.32 Å². The number of hydrogen-bond donors (Lipinski definition) is 1. The Hall–Kier alpha value is -0.890.